The predicted octanol–water partition coefficient (Wildman–Crippen LogP) is 1.84. The van der Waals surface area contributed by atoms with Crippen molar-refractivity contribution in [1.82, 2.24) is 0 Å². The van der Waals surface area contributed by atoms with Gasteiger partial charge < -0.3 is 15.7 Å². The predicted molar refractivity (Wildman–Crippen MR) is 67.3 cm³/mol. The maximum atomic E-state index is 13.9. The molecule has 0 amide bonds. The molecule has 1 heterocycles. The summed E-state index contributed by atoms with van der Waals surface area (Å²) in [6.45, 7) is 1.80. The van der Waals surface area contributed by atoms with Crippen LogP contribution in [-0.4, -0.2) is 30.7 Å². The normalized spacial score (nSPS) is 16.7. The first-order valence-electron chi connectivity index (χ1n) is 6.21. The van der Waals surface area contributed by atoms with Gasteiger partial charge in [0.15, 0.2) is 11.6 Å². The third-order valence-corrected chi connectivity index (χ3v) is 3.58. The molecule has 6 heteroatoms. The second-order valence-corrected chi connectivity index (χ2v) is 4.73. The lowest BCUT2D eigenvalue weighted by atomic mass is 9.96. The molecule has 19 heavy (non-hydrogen) atoms. The van der Waals surface area contributed by atoms with Crippen molar-refractivity contribution in [3.8, 4) is 0 Å². The van der Waals surface area contributed by atoms with Gasteiger partial charge in [-0.3, -0.25) is 0 Å². The fourth-order valence-electron chi connectivity index (χ4n) is 2.36. The second kappa shape index (κ2) is 5.52. The summed E-state index contributed by atoms with van der Waals surface area (Å²) < 4.78 is 27.5. The topological polar surface area (TPSA) is 66.6 Å². The lowest BCUT2D eigenvalue weighted by Crippen LogP contribution is -2.36. The highest BCUT2D eigenvalue weighted by Gasteiger charge is 2.24. The number of benzene rings is 1. The standard InChI is InChI=1S/C13H16F2N2O2/c14-11-9(13(18)19)1-2-10(12(11)15)17-5-3-8(7-16)4-6-17/h1-2,8H,3-7,16H2,(H,18,19). The fourth-order valence-corrected chi connectivity index (χ4v) is 2.36. The van der Waals surface area contributed by atoms with Gasteiger partial charge in [0.05, 0.1) is 11.3 Å². The van der Waals surface area contributed by atoms with Crippen molar-refractivity contribution >= 4 is 11.7 Å². The number of rotatable bonds is 3. The van der Waals surface area contributed by atoms with Gasteiger partial charge in [-0.1, -0.05) is 0 Å². The van der Waals surface area contributed by atoms with Gasteiger partial charge in [0.2, 0.25) is 0 Å². The van der Waals surface area contributed by atoms with Crippen molar-refractivity contribution in [3.05, 3.63) is 29.3 Å². The highest BCUT2D eigenvalue weighted by Crippen LogP contribution is 2.28. The van der Waals surface area contributed by atoms with Gasteiger partial charge in [-0.25, -0.2) is 13.6 Å². The van der Waals surface area contributed by atoms with Crippen LogP contribution in [0.15, 0.2) is 12.1 Å². The number of nitrogens with zero attached hydrogens (tertiary/aromatic N) is 1. The van der Waals surface area contributed by atoms with Gasteiger partial charge in [-0.2, -0.15) is 0 Å². The number of halogens is 2. The van der Waals surface area contributed by atoms with Gasteiger partial charge in [-0.15, -0.1) is 0 Å². The number of hydrogen-bond acceptors (Lipinski definition) is 3. The monoisotopic (exact) mass is 270 g/mol. The average molecular weight is 270 g/mol. The Bertz CT molecular complexity index is 486. The van der Waals surface area contributed by atoms with Gasteiger partial charge in [-0.05, 0) is 37.4 Å². The Morgan fingerprint density at radius 3 is 2.47 bits per heavy atom. The summed E-state index contributed by atoms with van der Waals surface area (Å²) >= 11 is 0. The molecule has 0 saturated carbocycles. The van der Waals surface area contributed by atoms with E-state index >= 15 is 0 Å². The van der Waals surface area contributed by atoms with E-state index in [1.165, 1.54) is 6.07 Å². The third-order valence-electron chi connectivity index (χ3n) is 3.58. The van der Waals surface area contributed by atoms with Gasteiger partial charge in [0.1, 0.15) is 0 Å². The Labute approximate surface area is 109 Å². The van der Waals surface area contributed by atoms with E-state index in [0.717, 1.165) is 18.9 Å². The fraction of sp³-hybridized carbons (Fsp3) is 0.462. The molecule has 0 aromatic heterocycles. The van der Waals surface area contributed by atoms with Crippen molar-refractivity contribution in [2.24, 2.45) is 11.7 Å². The van der Waals surface area contributed by atoms with Crippen LogP contribution in [0.1, 0.15) is 23.2 Å². The van der Waals surface area contributed by atoms with E-state index in [1.807, 2.05) is 0 Å². The summed E-state index contributed by atoms with van der Waals surface area (Å²) in [5.74, 6) is -3.44. The Hall–Kier alpha value is -1.69. The quantitative estimate of drug-likeness (QED) is 0.879. The molecule has 1 aromatic carbocycles. The van der Waals surface area contributed by atoms with E-state index in [1.54, 1.807) is 4.90 Å². The molecular formula is C13H16F2N2O2. The zero-order valence-corrected chi connectivity index (χ0v) is 10.4. The summed E-state index contributed by atoms with van der Waals surface area (Å²) in [6.07, 6.45) is 1.66. The largest absolute Gasteiger partial charge is 0.478 e. The number of anilines is 1. The van der Waals surface area contributed by atoms with Crippen LogP contribution in [0.4, 0.5) is 14.5 Å². The molecule has 0 unspecified atom stereocenters. The summed E-state index contributed by atoms with van der Waals surface area (Å²) in [5, 5.41) is 8.72. The van der Waals surface area contributed by atoms with Crippen molar-refractivity contribution in [3.63, 3.8) is 0 Å². The van der Waals surface area contributed by atoms with Gasteiger partial charge in [0, 0.05) is 13.1 Å². The molecule has 0 radical (unpaired) electrons. The maximum Gasteiger partial charge on any atom is 0.338 e. The van der Waals surface area contributed by atoms with Crippen LogP contribution in [0.3, 0.4) is 0 Å². The van der Waals surface area contributed by atoms with E-state index in [9.17, 15) is 13.6 Å². The zero-order valence-electron chi connectivity index (χ0n) is 10.4. The van der Waals surface area contributed by atoms with Crippen LogP contribution in [0.5, 0.6) is 0 Å². The summed E-state index contributed by atoms with van der Waals surface area (Å²) in [5.41, 5.74) is 5.06. The molecule has 0 bridgehead atoms. The summed E-state index contributed by atoms with van der Waals surface area (Å²) in [6, 6.07) is 2.43. The minimum Gasteiger partial charge on any atom is -0.478 e. The highest BCUT2D eigenvalue weighted by atomic mass is 19.2. The summed E-state index contributed by atoms with van der Waals surface area (Å²) in [7, 11) is 0. The van der Waals surface area contributed by atoms with E-state index in [4.69, 9.17) is 10.8 Å². The molecule has 4 nitrogen and oxygen atoms in total. The van der Waals surface area contributed by atoms with Crippen LogP contribution in [-0.2, 0) is 0 Å². The van der Waals surface area contributed by atoms with Crippen molar-refractivity contribution in [2.75, 3.05) is 24.5 Å². The molecule has 0 spiro atoms. The average Bonchev–Trinajstić information content (AvgIpc) is 2.41. The number of aromatic carboxylic acids is 1. The van der Waals surface area contributed by atoms with Crippen molar-refractivity contribution in [2.45, 2.75) is 12.8 Å². The Morgan fingerprint density at radius 1 is 1.32 bits per heavy atom. The molecule has 1 aromatic rings. The SMILES string of the molecule is NCC1CCN(c2ccc(C(=O)O)c(F)c2F)CC1. The lowest BCUT2D eigenvalue weighted by molar-refractivity contribution is 0.0690. The molecular weight excluding hydrogens is 254 g/mol. The molecule has 2 rings (SSSR count). The van der Waals surface area contributed by atoms with E-state index in [-0.39, 0.29) is 5.69 Å². The number of carbonyl (C=O) groups is 1. The number of piperidine rings is 1. The molecule has 3 N–H and O–H groups in total. The van der Waals surface area contributed by atoms with Crippen LogP contribution < -0.4 is 10.6 Å². The second-order valence-electron chi connectivity index (χ2n) is 4.73. The van der Waals surface area contributed by atoms with Crippen LogP contribution in [0.2, 0.25) is 0 Å². The first kappa shape index (κ1) is 13.7. The Morgan fingerprint density at radius 2 is 1.95 bits per heavy atom. The lowest BCUT2D eigenvalue weighted by Gasteiger charge is -2.33. The molecule has 1 aliphatic rings. The first-order valence-corrected chi connectivity index (χ1v) is 6.21. The molecule has 1 aliphatic heterocycles. The summed E-state index contributed by atoms with van der Waals surface area (Å²) in [4.78, 5) is 12.4. The molecule has 1 fully saturated rings. The van der Waals surface area contributed by atoms with Gasteiger partial charge in [0.25, 0.3) is 0 Å². The number of carboxylic acid groups (broad SMARTS) is 1. The minimum absolute atomic E-state index is 0.123. The van der Waals surface area contributed by atoms with Crippen molar-refractivity contribution < 1.29 is 18.7 Å². The Balaban J connectivity index is 2.22. The number of nitrogens with two attached hydrogens (primary N) is 1. The van der Waals surface area contributed by atoms with Crippen molar-refractivity contribution in [1.29, 1.82) is 0 Å². The zero-order chi connectivity index (χ0) is 14.0. The minimum atomic E-state index is -1.47. The van der Waals surface area contributed by atoms with E-state index in [2.05, 4.69) is 0 Å². The molecule has 1 saturated heterocycles. The third kappa shape index (κ3) is 2.68. The van der Waals surface area contributed by atoms with Crippen LogP contribution in [0, 0.1) is 17.6 Å². The maximum absolute atomic E-state index is 13.9. The number of hydrogen-bond donors (Lipinski definition) is 2. The first-order chi connectivity index (χ1) is 9.04. The van der Waals surface area contributed by atoms with Crippen LogP contribution >= 0.6 is 0 Å². The van der Waals surface area contributed by atoms with Gasteiger partial charge >= 0.3 is 5.97 Å². The highest BCUT2D eigenvalue weighted by molar-refractivity contribution is 5.88. The molecule has 0 aliphatic carbocycles. The Kier molecular flexibility index (Phi) is 3.99. The van der Waals surface area contributed by atoms with E-state index in [0.29, 0.717) is 25.6 Å². The molecule has 0 atom stereocenters. The smallest absolute Gasteiger partial charge is 0.338 e. The van der Waals surface area contributed by atoms with Crippen LogP contribution in [0.25, 0.3) is 0 Å². The number of carboxylic acids is 1. The van der Waals surface area contributed by atoms with E-state index < -0.39 is 23.2 Å². The molecule has 104 valence electrons.